The molecule has 0 aliphatic carbocycles. The molecular weight excluding hydrogens is 184 g/mol. The van der Waals surface area contributed by atoms with Gasteiger partial charge in [-0.3, -0.25) is 4.79 Å². The van der Waals surface area contributed by atoms with Crippen molar-refractivity contribution in [3.8, 4) is 0 Å². The Morgan fingerprint density at radius 3 is 2.57 bits per heavy atom. The lowest BCUT2D eigenvalue weighted by molar-refractivity contribution is -0.159. The van der Waals surface area contributed by atoms with Crippen molar-refractivity contribution in [2.75, 3.05) is 33.8 Å². The molecule has 5 heteroatoms. The van der Waals surface area contributed by atoms with Gasteiger partial charge in [-0.2, -0.15) is 0 Å². The van der Waals surface area contributed by atoms with Crippen LogP contribution in [-0.4, -0.2) is 50.6 Å². The molecule has 0 fully saturated rings. The van der Waals surface area contributed by atoms with Crippen molar-refractivity contribution in [1.82, 2.24) is 10.2 Å². The highest BCUT2D eigenvalue weighted by molar-refractivity contribution is 6.32. The molecule has 5 nitrogen and oxygen atoms in total. The van der Waals surface area contributed by atoms with E-state index in [0.29, 0.717) is 6.54 Å². The Hall–Kier alpha value is -1.10. The molecule has 0 saturated heterocycles. The molecule has 0 aromatic carbocycles. The standard InChI is InChI=1S/C9H18N2O3/c1-4-14-9(13)8(12)11(3)7-5-6-10-2/h10H,4-7H2,1-3H3. The van der Waals surface area contributed by atoms with Gasteiger partial charge in [0.05, 0.1) is 6.61 Å². The lowest BCUT2D eigenvalue weighted by Crippen LogP contribution is -2.36. The Morgan fingerprint density at radius 1 is 1.43 bits per heavy atom. The lowest BCUT2D eigenvalue weighted by atomic mass is 10.4. The summed E-state index contributed by atoms with van der Waals surface area (Å²) in [6, 6.07) is 0. The highest BCUT2D eigenvalue weighted by atomic mass is 16.5. The Balaban J connectivity index is 3.80. The topological polar surface area (TPSA) is 58.6 Å². The molecule has 0 atom stereocenters. The maximum absolute atomic E-state index is 11.3. The number of esters is 1. The monoisotopic (exact) mass is 202 g/mol. The molecule has 0 heterocycles. The molecule has 0 aromatic rings. The molecule has 0 spiro atoms. The molecule has 0 bridgehead atoms. The SMILES string of the molecule is CCOC(=O)C(=O)N(C)CCCNC. The predicted octanol–water partition coefficient (Wildman–Crippen LogP) is -0.383. The number of nitrogens with zero attached hydrogens (tertiary/aromatic N) is 1. The normalized spacial score (nSPS) is 9.64. The van der Waals surface area contributed by atoms with Crippen LogP contribution in [0.4, 0.5) is 0 Å². The van der Waals surface area contributed by atoms with Crippen molar-refractivity contribution >= 4 is 11.9 Å². The summed E-state index contributed by atoms with van der Waals surface area (Å²) in [7, 11) is 3.43. The van der Waals surface area contributed by atoms with Crippen molar-refractivity contribution in [3.63, 3.8) is 0 Å². The first-order valence-corrected chi connectivity index (χ1v) is 4.70. The molecule has 1 N–H and O–H groups in total. The van der Waals surface area contributed by atoms with E-state index in [-0.39, 0.29) is 6.61 Å². The minimum absolute atomic E-state index is 0.231. The van der Waals surface area contributed by atoms with Gasteiger partial charge in [-0.1, -0.05) is 0 Å². The molecular formula is C9H18N2O3. The molecule has 0 rings (SSSR count). The van der Waals surface area contributed by atoms with Gasteiger partial charge < -0.3 is 15.0 Å². The number of amides is 1. The third-order valence-corrected chi connectivity index (χ3v) is 1.72. The summed E-state index contributed by atoms with van der Waals surface area (Å²) in [5, 5.41) is 2.96. The Bertz CT molecular complexity index is 194. The van der Waals surface area contributed by atoms with Gasteiger partial charge >= 0.3 is 11.9 Å². The van der Waals surface area contributed by atoms with Gasteiger partial charge in [-0.15, -0.1) is 0 Å². The summed E-state index contributed by atoms with van der Waals surface area (Å²) in [6.07, 6.45) is 0.818. The number of carbonyl (C=O) groups excluding carboxylic acids is 2. The third-order valence-electron chi connectivity index (χ3n) is 1.72. The van der Waals surface area contributed by atoms with Crippen LogP contribution in [0, 0.1) is 0 Å². The quantitative estimate of drug-likeness (QED) is 0.375. The van der Waals surface area contributed by atoms with E-state index in [1.807, 2.05) is 7.05 Å². The minimum Gasteiger partial charge on any atom is -0.459 e. The predicted molar refractivity (Wildman–Crippen MR) is 52.8 cm³/mol. The average Bonchev–Trinajstić information content (AvgIpc) is 2.17. The second-order valence-corrected chi connectivity index (χ2v) is 2.90. The number of hydrogen-bond donors (Lipinski definition) is 1. The van der Waals surface area contributed by atoms with Crippen molar-refractivity contribution in [3.05, 3.63) is 0 Å². The Morgan fingerprint density at radius 2 is 2.07 bits per heavy atom. The fraction of sp³-hybridized carbons (Fsp3) is 0.778. The Kier molecular flexibility index (Phi) is 6.74. The molecule has 1 amide bonds. The molecule has 0 unspecified atom stereocenters. The zero-order chi connectivity index (χ0) is 11.0. The molecule has 14 heavy (non-hydrogen) atoms. The molecule has 0 aromatic heterocycles. The van der Waals surface area contributed by atoms with Crippen LogP contribution < -0.4 is 5.32 Å². The van der Waals surface area contributed by atoms with Gasteiger partial charge in [0.25, 0.3) is 0 Å². The van der Waals surface area contributed by atoms with Crippen LogP contribution in [0.15, 0.2) is 0 Å². The maximum Gasteiger partial charge on any atom is 0.396 e. The second kappa shape index (κ2) is 7.32. The highest BCUT2D eigenvalue weighted by Crippen LogP contribution is 1.91. The fourth-order valence-corrected chi connectivity index (χ4v) is 0.943. The number of nitrogens with one attached hydrogen (secondary N) is 1. The van der Waals surface area contributed by atoms with Gasteiger partial charge in [0.1, 0.15) is 0 Å². The lowest BCUT2D eigenvalue weighted by Gasteiger charge is -2.15. The molecule has 0 saturated carbocycles. The summed E-state index contributed by atoms with van der Waals surface area (Å²) < 4.78 is 4.59. The van der Waals surface area contributed by atoms with E-state index in [1.54, 1.807) is 14.0 Å². The van der Waals surface area contributed by atoms with E-state index in [4.69, 9.17) is 0 Å². The van der Waals surface area contributed by atoms with E-state index in [9.17, 15) is 9.59 Å². The molecule has 0 aliphatic heterocycles. The van der Waals surface area contributed by atoms with Crippen LogP contribution in [0.2, 0.25) is 0 Å². The largest absolute Gasteiger partial charge is 0.459 e. The number of hydrogen-bond acceptors (Lipinski definition) is 4. The van der Waals surface area contributed by atoms with Crippen LogP contribution in [0.1, 0.15) is 13.3 Å². The summed E-state index contributed by atoms with van der Waals surface area (Å²) in [5.74, 6) is -1.36. The molecule has 0 radical (unpaired) electrons. The third kappa shape index (κ3) is 4.81. The maximum atomic E-state index is 11.3. The number of rotatable bonds is 5. The number of carbonyl (C=O) groups is 2. The first-order chi connectivity index (χ1) is 6.63. The van der Waals surface area contributed by atoms with Crippen molar-refractivity contribution in [2.24, 2.45) is 0 Å². The molecule has 82 valence electrons. The minimum atomic E-state index is -0.778. The van der Waals surface area contributed by atoms with Crippen LogP contribution in [0.3, 0.4) is 0 Å². The second-order valence-electron chi connectivity index (χ2n) is 2.90. The van der Waals surface area contributed by atoms with E-state index in [0.717, 1.165) is 13.0 Å². The Labute approximate surface area is 84.4 Å². The average molecular weight is 202 g/mol. The van der Waals surface area contributed by atoms with E-state index >= 15 is 0 Å². The van der Waals surface area contributed by atoms with Crippen LogP contribution in [0.25, 0.3) is 0 Å². The zero-order valence-corrected chi connectivity index (χ0v) is 9.00. The van der Waals surface area contributed by atoms with Gasteiger partial charge in [0, 0.05) is 13.6 Å². The molecule has 0 aliphatic rings. The first kappa shape index (κ1) is 12.9. The van der Waals surface area contributed by atoms with Gasteiger partial charge in [0.2, 0.25) is 0 Å². The van der Waals surface area contributed by atoms with E-state index in [2.05, 4.69) is 10.1 Å². The summed E-state index contributed by atoms with van der Waals surface area (Å²) >= 11 is 0. The van der Waals surface area contributed by atoms with Gasteiger partial charge in [-0.05, 0) is 26.9 Å². The van der Waals surface area contributed by atoms with Crippen LogP contribution in [-0.2, 0) is 14.3 Å². The number of ether oxygens (including phenoxy) is 1. The summed E-state index contributed by atoms with van der Waals surface area (Å²) in [5.41, 5.74) is 0. The van der Waals surface area contributed by atoms with Crippen LogP contribution >= 0.6 is 0 Å². The van der Waals surface area contributed by atoms with Crippen molar-refractivity contribution in [1.29, 1.82) is 0 Å². The highest BCUT2D eigenvalue weighted by Gasteiger charge is 2.18. The van der Waals surface area contributed by atoms with Gasteiger partial charge in [-0.25, -0.2) is 4.79 Å². The zero-order valence-electron chi connectivity index (χ0n) is 9.00. The van der Waals surface area contributed by atoms with Crippen molar-refractivity contribution < 1.29 is 14.3 Å². The van der Waals surface area contributed by atoms with E-state index < -0.39 is 11.9 Å². The van der Waals surface area contributed by atoms with Crippen molar-refractivity contribution in [2.45, 2.75) is 13.3 Å². The first-order valence-electron chi connectivity index (χ1n) is 4.70. The smallest absolute Gasteiger partial charge is 0.396 e. The summed E-state index contributed by atoms with van der Waals surface area (Å²) in [4.78, 5) is 23.6. The number of likely N-dealkylation sites (N-methyl/N-ethyl adjacent to an activating group) is 1. The van der Waals surface area contributed by atoms with E-state index in [1.165, 1.54) is 4.90 Å². The summed E-state index contributed by atoms with van der Waals surface area (Å²) in [6.45, 7) is 3.28. The van der Waals surface area contributed by atoms with Crippen LogP contribution in [0.5, 0.6) is 0 Å². The van der Waals surface area contributed by atoms with Gasteiger partial charge in [0.15, 0.2) is 0 Å². The fourth-order valence-electron chi connectivity index (χ4n) is 0.943.